The lowest BCUT2D eigenvalue weighted by Gasteiger charge is -1.93. The number of nitriles is 2. The zero-order valence-electron chi connectivity index (χ0n) is 5.83. The van der Waals surface area contributed by atoms with Crippen LogP contribution in [0.25, 0.3) is 0 Å². The van der Waals surface area contributed by atoms with Crippen LogP contribution in [0.4, 0.5) is 5.82 Å². The van der Waals surface area contributed by atoms with Crippen molar-refractivity contribution in [3.8, 4) is 12.1 Å². The minimum atomic E-state index is -0.662. The number of nitrogens with zero attached hydrogens (tertiary/aromatic N) is 3. The van der Waals surface area contributed by atoms with Crippen LogP contribution in [0.3, 0.4) is 0 Å². The molecule has 3 N–H and O–H groups in total. The van der Waals surface area contributed by atoms with E-state index in [1.165, 1.54) is 0 Å². The molecule has 0 radical (unpaired) electrons. The molecule has 1 aromatic heterocycles. The minimum absolute atomic E-state index is 0.170. The first-order valence-corrected chi connectivity index (χ1v) is 2.89. The zero-order valence-corrected chi connectivity index (χ0v) is 5.83. The Morgan fingerprint density at radius 1 is 1.42 bits per heavy atom. The molecule has 6 nitrogen and oxygen atoms in total. The Hall–Kier alpha value is -2.34. The maximum atomic E-state index is 10.8. The molecule has 1 aromatic rings. The van der Waals surface area contributed by atoms with Crippen LogP contribution in [0.15, 0.2) is 4.79 Å². The lowest BCUT2D eigenvalue weighted by molar-refractivity contribution is 1.09. The molecule has 0 saturated heterocycles. The van der Waals surface area contributed by atoms with Crippen LogP contribution in [0.1, 0.15) is 11.4 Å². The molecule has 0 unspecified atom stereocenters. The number of nitrogens with two attached hydrogens (primary N) is 1. The summed E-state index contributed by atoms with van der Waals surface area (Å²) < 4.78 is 0. The van der Waals surface area contributed by atoms with Crippen molar-refractivity contribution in [3.05, 3.63) is 21.7 Å². The van der Waals surface area contributed by atoms with E-state index < -0.39 is 5.56 Å². The van der Waals surface area contributed by atoms with Gasteiger partial charge in [0.25, 0.3) is 5.56 Å². The summed E-state index contributed by atoms with van der Waals surface area (Å²) in [5.74, 6) is -0.314. The van der Waals surface area contributed by atoms with Crippen molar-refractivity contribution in [1.29, 1.82) is 10.5 Å². The molecule has 0 aliphatic rings. The third-order valence-electron chi connectivity index (χ3n) is 1.16. The van der Waals surface area contributed by atoms with Gasteiger partial charge in [0.05, 0.1) is 0 Å². The number of nitrogens with one attached hydrogen (secondary N) is 1. The van der Waals surface area contributed by atoms with Gasteiger partial charge in [0, 0.05) is 0 Å². The highest BCUT2D eigenvalue weighted by atomic mass is 16.1. The van der Waals surface area contributed by atoms with Gasteiger partial charge in [0.2, 0.25) is 0 Å². The Bertz CT molecular complexity index is 446. The Balaban J connectivity index is 3.55. The predicted molar refractivity (Wildman–Crippen MR) is 38.7 cm³/mol. The molecule has 1 heterocycles. The van der Waals surface area contributed by atoms with Crippen molar-refractivity contribution in [2.75, 3.05) is 5.73 Å². The van der Waals surface area contributed by atoms with E-state index >= 15 is 0 Å². The van der Waals surface area contributed by atoms with Gasteiger partial charge in [-0.05, 0) is 0 Å². The minimum Gasteiger partial charge on any atom is -0.379 e. The Labute approximate surface area is 66.9 Å². The second kappa shape index (κ2) is 2.72. The molecular formula is C6H3N5O. The summed E-state index contributed by atoms with van der Waals surface area (Å²) in [5, 5.41) is 16.8. The zero-order chi connectivity index (χ0) is 9.14. The van der Waals surface area contributed by atoms with E-state index in [9.17, 15) is 4.79 Å². The van der Waals surface area contributed by atoms with Gasteiger partial charge in [0.15, 0.2) is 17.2 Å². The monoisotopic (exact) mass is 161 g/mol. The molecule has 0 aromatic carbocycles. The van der Waals surface area contributed by atoms with E-state index in [1.807, 2.05) is 0 Å². The van der Waals surface area contributed by atoms with E-state index in [2.05, 4.69) is 9.97 Å². The third kappa shape index (κ3) is 1.09. The van der Waals surface area contributed by atoms with Crippen LogP contribution in [0.5, 0.6) is 0 Å². The summed E-state index contributed by atoms with van der Waals surface area (Å²) in [4.78, 5) is 16.3. The molecule has 1 rings (SSSR count). The number of aromatic amines is 1. The van der Waals surface area contributed by atoms with E-state index in [0.29, 0.717) is 0 Å². The molecule has 58 valence electrons. The average Bonchev–Trinajstić information content (AvgIpc) is 2.09. The largest absolute Gasteiger partial charge is 0.379 e. The molecule has 0 spiro atoms. The van der Waals surface area contributed by atoms with Gasteiger partial charge in [-0.25, -0.2) is 4.98 Å². The van der Waals surface area contributed by atoms with Crippen LogP contribution < -0.4 is 11.3 Å². The first kappa shape index (κ1) is 7.76. The van der Waals surface area contributed by atoms with Crippen LogP contribution in [-0.4, -0.2) is 9.97 Å². The Morgan fingerprint density at radius 2 is 2.08 bits per heavy atom. The van der Waals surface area contributed by atoms with Crippen LogP contribution >= 0.6 is 0 Å². The first-order valence-electron chi connectivity index (χ1n) is 2.89. The van der Waals surface area contributed by atoms with Gasteiger partial charge >= 0.3 is 0 Å². The number of anilines is 1. The number of aromatic nitrogens is 2. The van der Waals surface area contributed by atoms with Gasteiger partial charge in [0.1, 0.15) is 12.1 Å². The second-order valence-corrected chi connectivity index (χ2v) is 1.90. The maximum Gasteiger partial charge on any atom is 0.291 e. The number of H-pyrrole nitrogens is 1. The number of nitrogen functional groups attached to an aromatic ring is 1. The average molecular weight is 161 g/mol. The van der Waals surface area contributed by atoms with Gasteiger partial charge in [-0.1, -0.05) is 0 Å². The molecule has 0 bridgehead atoms. The van der Waals surface area contributed by atoms with E-state index in [4.69, 9.17) is 16.3 Å². The summed E-state index contributed by atoms with van der Waals surface area (Å²) in [6.07, 6.45) is 0. The summed E-state index contributed by atoms with van der Waals surface area (Å²) in [6.45, 7) is 0. The van der Waals surface area contributed by atoms with Gasteiger partial charge in [-0.3, -0.25) is 4.79 Å². The molecule has 12 heavy (non-hydrogen) atoms. The van der Waals surface area contributed by atoms with E-state index in [1.54, 1.807) is 12.1 Å². The Morgan fingerprint density at radius 3 is 2.58 bits per heavy atom. The van der Waals surface area contributed by atoms with Crippen LogP contribution in [0.2, 0.25) is 0 Å². The summed E-state index contributed by atoms with van der Waals surface area (Å²) in [6, 6.07) is 3.25. The van der Waals surface area contributed by atoms with Crippen molar-refractivity contribution in [3.63, 3.8) is 0 Å². The Kier molecular flexibility index (Phi) is 1.76. The first-order chi connectivity index (χ1) is 5.69. The maximum absolute atomic E-state index is 10.8. The quantitative estimate of drug-likeness (QED) is 0.510. The SMILES string of the molecule is N#Cc1nc(N)c(=O)[nH]c1C#N. The predicted octanol–water partition coefficient (Wildman–Crippen LogP) is -0.905. The normalized spacial score (nSPS) is 8.50. The van der Waals surface area contributed by atoms with E-state index in [-0.39, 0.29) is 17.2 Å². The lowest BCUT2D eigenvalue weighted by atomic mass is 10.3. The summed E-state index contributed by atoms with van der Waals surface area (Å²) in [7, 11) is 0. The van der Waals surface area contributed by atoms with E-state index in [0.717, 1.165) is 0 Å². The molecule has 0 atom stereocenters. The molecule has 0 aliphatic carbocycles. The highest BCUT2D eigenvalue weighted by molar-refractivity contribution is 5.39. The smallest absolute Gasteiger partial charge is 0.291 e. The molecular weight excluding hydrogens is 158 g/mol. The summed E-state index contributed by atoms with van der Waals surface area (Å²) in [5.41, 5.74) is 4.10. The fourth-order valence-corrected chi connectivity index (χ4v) is 0.626. The molecule has 0 saturated carbocycles. The number of rotatable bonds is 0. The summed E-state index contributed by atoms with van der Waals surface area (Å²) >= 11 is 0. The fourth-order valence-electron chi connectivity index (χ4n) is 0.626. The van der Waals surface area contributed by atoms with Crippen molar-refractivity contribution in [2.24, 2.45) is 0 Å². The highest BCUT2D eigenvalue weighted by Gasteiger charge is 2.06. The van der Waals surface area contributed by atoms with Crippen molar-refractivity contribution in [1.82, 2.24) is 9.97 Å². The third-order valence-corrected chi connectivity index (χ3v) is 1.16. The lowest BCUT2D eigenvalue weighted by Crippen LogP contribution is -2.16. The van der Waals surface area contributed by atoms with Gasteiger partial charge in [-0.15, -0.1) is 0 Å². The molecule has 6 heteroatoms. The van der Waals surface area contributed by atoms with Crippen molar-refractivity contribution < 1.29 is 0 Å². The molecule has 0 fully saturated rings. The number of hydrogen-bond donors (Lipinski definition) is 2. The molecule has 0 amide bonds. The second-order valence-electron chi connectivity index (χ2n) is 1.90. The van der Waals surface area contributed by atoms with Crippen molar-refractivity contribution >= 4 is 5.82 Å². The topological polar surface area (TPSA) is 119 Å². The number of hydrogen-bond acceptors (Lipinski definition) is 5. The van der Waals surface area contributed by atoms with Crippen LogP contribution in [0, 0.1) is 22.7 Å². The molecule has 0 aliphatic heterocycles. The standard InChI is InChI=1S/C6H3N5O/c7-1-3-4(2-8)11-6(12)5(9)10-3/h(H2,9,10)(H,11,12). The fraction of sp³-hybridized carbons (Fsp3) is 0. The van der Waals surface area contributed by atoms with Gasteiger partial charge < -0.3 is 10.7 Å². The highest BCUT2D eigenvalue weighted by Crippen LogP contribution is 1.97. The van der Waals surface area contributed by atoms with Crippen molar-refractivity contribution in [2.45, 2.75) is 0 Å². The van der Waals surface area contributed by atoms with Gasteiger partial charge in [-0.2, -0.15) is 10.5 Å². The van der Waals surface area contributed by atoms with Crippen LogP contribution in [-0.2, 0) is 0 Å².